The number of carbonyl (C=O) groups excluding carboxylic acids is 1. The summed E-state index contributed by atoms with van der Waals surface area (Å²) in [4.78, 5) is 12.1. The van der Waals surface area contributed by atoms with E-state index in [9.17, 15) is 22.0 Å². The molecule has 3 atom stereocenters. The van der Waals surface area contributed by atoms with E-state index in [1.54, 1.807) is 4.72 Å². The third kappa shape index (κ3) is 3.39. The Bertz CT molecular complexity index is 850. The SMILES string of the molecule is O=C(NS(=O)(=O)N1CC(F)C1)c1cc(Cl)c(OC2C[C@@H]3C[C@@H]3C2)cc1F. The molecule has 0 spiro atoms. The van der Waals surface area contributed by atoms with E-state index in [0.29, 0.717) is 11.8 Å². The summed E-state index contributed by atoms with van der Waals surface area (Å²) in [6, 6.07) is 2.04. The molecule has 2 aliphatic carbocycles. The van der Waals surface area contributed by atoms with E-state index in [2.05, 4.69) is 0 Å². The van der Waals surface area contributed by atoms with Gasteiger partial charge in [-0.25, -0.2) is 13.5 Å². The molecule has 1 aromatic rings. The van der Waals surface area contributed by atoms with Gasteiger partial charge in [0.15, 0.2) is 0 Å². The number of carbonyl (C=O) groups is 1. The first-order chi connectivity index (χ1) is 12.2. The Labute approximate surface area is 154 Å². The molecule has 1 aromatic carbocycles. The standard InChI is InChI=1S/C16H17ClF2N2O4S/c17-13-4-12(16(22)20-26(23,24)21-6-10(18)7-21)14(19)5-15(13)25-11-2-8-1-9(8)3-11/h4-5,8-11H,1-3,6-7H2,(H,20,22)/t8-,9+,11?. The van der Waals surface area contributed by atoms with Crippen LogP contribution in [-0.2, 0) is 10.2 Å². The number of halogens is 3. The zero-order valence-electron chi connectivity index (χ0n) is 13.6. The van der Waals surface area contributed by atoms with Crippen molar-refractivity contribution in [2.45, 2.75) is 31.5 Å². The molecule has 1 heterocycles. The summed E-state index contributed by atoms with van der Waals surface area (Å²) < 4.78 is 59.2. The van der Waals surface area contributed by atoms with Crippen molar-refractivity contribution in [3.05, 3.63) is 28.5 Å². The Morgan fingerprint density at radius 2 is 1.88 bits per heavy atom. The van der Waals surface area contributed by atoms with Gasteiger partial charge in [0, 0.05) is 19.2 Å². The van der Waals surface area contributed by atoms with E-state index in [4.69, 9.17) is 16.3 Å². The Hall–Kier alpha value is -1.45. The Morgan fingerprint density at radius 3 is 2.50 bits per heavy atom. The Kier molecular flexibility index (Phi) is 4.36. The van der Waals surface area contributed by atoms with Crippen molar-refractivity contribution in [3.63, 3.8) is 0 Å². The van der Waals surface area contributed by atoms with Gasteiger partial charge < -0.3 is 4.74 Å². The first kappa shape index (κ1) is 17.9. The fourth-order valence-electron chi connectivity index (χ4n) is 3.55. The van der Waals surface area contributed by atoms with Crippen molar-refractivity contribution in [2.24, 2.45) is 11.8 Å². The van der Waals surface area contributed by atoms with Crippen LogP contribution in [0.4, 0.5) is 8.78 Å². The summed E-state index contributed by atoms with van der Waals surface area (Å²) in [6.07, 6.45) is 1.76. The molecule has 3 aliphatic rings. The van der Waals surface area contributed by atoms with Crippen LogP contribution in [0.15, 0.2) is 12.1 Å². The topological polar surface area (TPSA) is 75.7 Å². The molecule has 1 saturated heterocycles. The van der Waals surface area contributed by atoms with Gasteiger partial charge in [0.1, 0.15) is 17.7 Å². The quantitative estimate of drug-likeness (QED) is 0.814. The smallest absolute Gasteiger partial charge is 0.304 e. The van der Waals surface area contributed by atoms with Crippen LogP contribution in [0.2, 0.25) is 5.02 Å². The second kappa shape index (κ2) is 6.31. The summed E-state index contributed by atoms with van der Waals surface area (Å²) in [5.41, 5.74) is -0.516. The van der Waals surface area contributed by atoms with Crippen LogP contribution < -0.4 is 9.46 Å². The molecule has 4 rings (SSSR count). The van der Waals surface area contributed by atoms with Gasteiger partial charge in [-0.2, -0.15) is 12.7 Å². The second-order valence-electron chi connectivity index (χ2n) is 7.08. The number of alkyl halides is 1. The minimum Gasteiger partial charge on any atom is -0.489 e. The molecule has 10 heteroatoms. The molecule has 3 fully saturated rings. The zero-order valence-corrected chi connectivity index (χ0v) is 15.2. The molecule has 142 valence electrons. The lowest BCUT2D eigenvalue weighted by Crippen LogP contribution is -2.56. The highest BCUT2D eigenvalue weighted by Crippen LogP contribution is 2.52. The third-order valence-corrected chi connectivity index (χ3v) is 6.84. The second-order valence-corrected chi connectivity index (χ2v) is 9.16. The molecule has 0 aromatic heterocycles. The number of benzene rings is 1. The van der Waals surface area contributed by atoms with E-state index in [-0.39, 0.29) is 30.0 Å². The van der Waals surface area contributed by atoms with Gasteiger partial charge in [0.2, 0.25) is 0 Å². The zero-order chi connectivity index (χ0) is 18.6. The summed E-state index contributed by atoms with van der Waals surface area (Å²) in [6.45, 7) is -0.663. The normalized spacial score (nSPS) is 28.3. The van der Waals surface area contributed by atoms with E-state index in [1.807, 2.05) is 0 Å². The van der Waals surface area contributed by atoms with Crippen LogP contribution in [0.5, 0.6) is 5.75 Å². The lowest BCUT2D eigenvalue weighted by atomic mass is 10.1. The number of amides is 1. The number of hydrogen-bond acceptors (Lipinski definition) is 4. The van der Waals surface area contributed by atoms with Gasteiger partial charge in [-0.3, -0.25) is 4.79 Å². The first-order valence-electron chi connectivity index (χ1n) is 8.35. The van der Waals surface area contributed by atoms with Gasteiger partial charge in [-0.1, -0.05) is 11.6 Å². The van der Waals surface area contributed by atoms with Gasteiger partial charge in [-0.05, 0) is 37.2 Å². The lowest BCUT2D eigenvalue weighted by Gasteiger charge is -2.32. The van der Waals surface area contributed by atoms with Gasteiger partial charge >= 0.3 is 10.2 Å². The molecule has 1 aliphatic heterocycles. The van der Waals surface area contributed by atoms with Crippen LogP contribution in [0.25, 0.3) is 0 Å². The minimum atomic E-state index is -4.21. The first-order valence-corrected chi connectivity index (χ1v) is 10.2. The molecule has 1 unspecified atom stereocenters. The number of nitrogens with one attached hydrogen (secondary N) is 1. The maximum absolute atomic E-state index is 14.3. The number of rotatable bonds is 5. The average Bonchev–Trinajstić information content (AvgIpc) is 3.13. The van der Waals surface area contributed by atoms with Gasteiger partial charge in [0.05, 0.1) is 16.7 Å². The maximum Gasteiger partial charge on any atom is 0.304 e. The monoisotopic (exact) mass is 406 g/mol. The molecule has 1 N–H and O–H groups in total. The summed E-state index contributed by atoms with van der Waals surface area (Å²) >= 11 is 6.08. The van der Waals surface area contributed by atoms with Crippen molar-refractivity contribution >= 4 is 27.7 Å². The van der Waals surface area contributed by atoms with E-state index >= 15 is 0 Å². The number of nitrogens with zero attached hydrogens (tertiary/aromatic N) is 1. The average molecular weight is 407 g/mol. The number of fused-ring (bicyclic) bond motifs is 1. The number of ether oxygens (including phenoxy) is 1. The van der Waals surface area contributed by atoms with E-state index < -0.39 is 33.7 Å². The van der Waals surface area contributed by atoms with Crippen molar-refractivity contribution < 1.29 is 26.7 Å². The fraction of sp³-hybridized carbons (Fsp3) is 0.562. The molecule has 26 heavy (non-hydrogen) atoms. The predicted octanol–water partition coefficient (Wildman–Crippen LogP) is 2.28. The third-order valence-electron chi connectivity index (χ3n) is 5.13. The van der Waals surface area contributed by atoms with Crippen molar-refractivity contribution in [1.82, 2.24) is 9.03 Å². The molecule has 1 amide bonds. The Morgan fingerprint density at radius 1 is 1.23 bits per heavy atom. The van der Waals surface area contributed by atoms with Crippen LogP contribution >= 0.6 is 11.6 Å². The van der Waals surface area contributed by atoms with Crippen molar-refractivity contribution in [1.29, 1.82) is 0 Å². The van der Waals surface area contributed by atoms with Crippen LogP contribution in [0.3, 0.4) is 0 Å². The largest absolute Gasteiger partial charge is 0.489 e. The molecule has 0 bridgehead atoms. The van der Waals surface area contributed by atoms with Gasteiger partial charge in [-0.15, -0.1) is 0 Å². The molecular weight excluding hydrogens is 390 g/mol. The lowest BCUT2D eigenvalue weighted by molar-refractivity contribution is 0.0964. The molecule has 2 saturated carbocycles. The van der Waals surface area contributed by atoms with Crippen molar-refractivity contribution in [3.8, 4) is 5.75 Å². The summed E-state index contributed by atoms with van der Waals surface area (Å²) in [5.74, 6) is -0.598. The minimum absolute atomic E-state index is 0.0178. The maximum atomic E-state index is 14.3. The van der Waals surface area contributed by atoms with Crippen LogP contribution in [0.1, 0.15) is 29.6 Å². The van der Waals surface area contributed by atoms with Crippen LogP contribution in [0, 0.1) is 17.7 Å². The predicted molar refractivity (Wildman–Crippen MR) is 89.5 cm³/mol. The van der Waals surface area contributed by atoms with E-state index in [1.165, 1.54) is 6.42 Å². The Balaban J connectivity index is 1.46. The summed E-state index contributed by atoms with van der Waals surface area (Å²) in [5, 5.41) is 0.0299. The fourth-order valence-corrected chi connectivity index (χ4v) is 4.95. The highest BCUT2D eigenvalue weighted by atomic mass is 35.5. The van der Waals surface area contributed by atoms with Gasteiger partial charge in [0.25, 0.3) is 5.91 Å². The van der Waals surface area contributed by atoms with Crippen LogP contribution in [-0.4, -0.2) is 44.0 Å². The molecule has 6 nitrogen and oxygen atoms in total. The molecule has 0 radical (unpaired) electrons. The van der Waals surface area contributed by atoms with E-state index in [0.717, 1.165) is 29.3 Å². The summed E-state index contributed by atoms with van der Waals surface area (Å²) in [7, 11) is -4.21. The highest BCUT2D eigenvalue weighted by Gasteiger charge is 2.47. The number of hydrogen-bond donors (Lipinski definition) is 1. The molecular formula is C16H17ClF2N2O4S. The van der Waals surface area contributed by atoms with Crippen molar-refractivity contribution in [2.75, 3.05) is 13.1 Å². The highest BCUT2D eigenvalue weighted by molar-refractivity contribution is 7.87.